The Morgan fingerprint density at radius 2 is 1.74 bits per heavy atom. The van der Waals surface area contributed by atoms with Crippen molar-refractivity contribution in [1.82, 2.24) is 9.80 Å². The lowest BCUT2D eigenvalue weighted by Gasteiger charge is -2.32. The molecule has 2 amide bonds. The number of fused-ring (bicyclic) bond motifs is 1. The highest BCUT2D eigenvalue weighted by molar-refractivity contribution is 5.83. The molecule has 3 aromatic carbocycles. The van der Waals surface area contributed by atoms with Gasteiger partial charge in [0.15, 0.2) is 0 Å². The third-order valence-corrected chi connectivity index (χ3v) is 6.67. The van der Waals surface area contributed by atoms with E-state index in [1.54, 1.807) is 19.1 Å². The predicted molar refractivity (Wildman–Crippen MR) is 134 cm³/mol. The number of carbonyl (C=O) groups is 2. The van der Waals surface area contributed by atoms with Gasteiger partial charge in [-0.25, -0.2) is 4.79 Å². The van der Waals surface area contributed by atoms with Crippen molar-refractivity contribution < 1.29 is 24.2 Å². The van der Waals surface area contributed by atoms with Crippen LogP contribution >= 0.6 is 0 Å². The molecule has 3 atom stereocenters. The zero-order chi connectivity index (χ0) is 24.8. The number of methoxy groups -OCH3 is 1. The molecule has 35 heavy (non-hydrogen) atoms. The second kappa shape index (κ2) is 11.3. The molecule has 7 heteroatoms. The van der Waals surface area contributed by atoms with E-state index >= 15 is 0 Å². The first-order valence-corrected chi connectivity index (χ1v) is 11.9. The Kier molecular flexibility index (Phi) is 8.00. The summed E-state index contributed by atoms with van der Waals surface area (Å²) in [6.07, 6.45) is -0.0516. The Morgan fingerprint density at radius 1 is 1.03 bits per heavy atom. The quantitative estimate of drug-likeness (QED) is 0.476. The highest BCUT2D eigenvalue weighted by atomic mass is 16.5. The van der Waals surface area contributed by atoms with Crippen molar-refractivity contribution in [2.75, 3.05) is 33.9 Å². The van der Waals surface area contributed by atoms with Crippen molar-refractivity contribution in [2.45, 2.75) is 31.1 Å². The smallest absolute Gasteiger partial charge is 0.407 e. The van der Waals surface area contributed by atoms with Crippen molar-refractivity contribution in [3.05, 3.63) is 83.9 Å². The molecule has 1 fully saturated rings. The molecule has 0 spiro atoms. The van der Waals surface area contributed by atoms with Crippen LogP contribution in [0.25, 0.3) is 10.8 Å². The summed E-state index contributed by atoms with van der Waals surface area (Å²) in [6, 6.07) is 23.9. The topological polar surface area (TPSA) is 79.3 Å². The van der Waals surface area contributed by atoms with E-state index in [0.29, 0.717) is 6.54 Å². The third kappa shape index (κ3) is 5.81. The van der Waals surface area contributed by atoms with Crippen molar-refractivity contribution in [3.8, 4) is 0 Å². The summed E-state index contributed by atoms with van der Waals surface area (Å²) >= 11 is 0. The molecule has 1 heterocycles. The molecule has 0 aromatic heterocycles. The summed E-state index contributed by atoms with van der Waals surface area (Å²) < 4.78 is 11.8. The van der Waals surface area contributed by atoms with E-state index in [4.69, 9.17) is 9.47 Å². The molecule has 1 aliphatic rings. The van der Waals surface area contributed by atoms with E-state index < -0.39 is 12.2 Å². The molecule has 0 unspecified atom stereocenters. The first-order chi connectivity index (χ1) is 17.0. The van der Waals surface area contributed by atoms with Gasteiger partial charge >= 0.3 is 6.09 Å². The maximum atomic E-state index is 13.0. The van der Waals surface area contributed by atoms with Gasteiger partial charge in [0, 0.05) is 33.2 Å². The second-order valence-corrected chi connectivity index (χ2v) is 8.94. The molecule has 0 saturated carbocycles. The van der Waals surface area contributed by atoms with E-state index in [-0.39, 0.29) is 31.2 Å². The molecule has 0 aliphatic carbocycles. The number of hydrogen-bond donors (Lipinski definition) is 1. The SMILES string of the molecule is CO[C@H]1CCCN1C(=O)CO[C@H](c1ccccc1)[C@H](CN(C)C(=O)O)c1ccc2ccccc2c1. The standard InChI is InChI=1S/C28H32N2O5/c1-29(28(32)33)18-24(23-15-14-20-9-6-7-12-22(20)17-23)27(21-10-4-3-5-11-21)35-19-25(31)30-16-8-13-26(30)34-2/h3-7,9-12,14-15,17,24,26-27H,8,13,16,18-19H2,1-2H3,(H,32,33)/t24-,26+,27-/m1/s1. The van der Waals surface area contributed by atoms with E-state index in [2.05, 4.69) is 6.07 Å². The van der Waals surface area contributed by atoms with Gasteiger partial charge < -0.3 is 24.4 Å². The molecule has 3 aromatic rings. The summed E-state index contributed by atoms with van der Waals surface area (Å²) in [5.74, 6) is -0.452. The Morgan fingerprint density at radius 3 is 2.46 bits per heavy atom. The number of carboxylic acid groups (broad SMARTS) is 1. The van der Waals surface area contributed by atoms with E-state index in [1.807, 2.05) is 66.7 Å². The fourth-order valence-electron chi connectivity index (χ4n) is 4.79. The summed E-state index contributed by atoms with van der Waals surface area (Å²) in [6.45, 7) is 0.749. The number of amides is 2. The number of likely N-dealkylation sites (tertiary alicyclic amines) is 1. The summed E-state index contributed by atoms with van der Waals surface area (Å²) in [5, 5.41) is 11.8. The van der Waals surface area contributed by atoms with Crippen LogP contribution in [0.2, 0.25) is 0 Å². The summed E-state index contributed by atoms with van der Waals surface area (Å²) in [4.78, 5) is 27.8. The molecule has 0 bridgehead atoms. The molecule has 1 aliphatic heterocycles. The molecule has 1 saturated heterocycles. The van der Waals surface area contributed by atoms with Gasteiger partial charge in [0.05, 0.1) is 6.10 Å². The van der Waals surface area contributed by atoms with Crippen molar-refractivity contribution in [1.29, 1.82) is 0 Å². The minimum Gasteiger partial charge on any atom is -0.465 e. The van der Waals surface area contributed by atoms with Gasteiger partial charge in [-0.15, -0.1) is 0 Å². The number of ether oxygens (including phenoxy) is 2. The summed E-state index contributed by atoms with van der Waals surface area (Å²) in [7, 11) is 3.17. The minimum atomic E-state index is -1.02. The van der Waals surface area contributed by atoms with E-state index in [1.165, 1.54) is 4.90 Å². The third-order valence-electron chi connectivity index (χ3n) is 6.67. The highest BCUT2D eigenvalue weighted by Crippen LogP contribution is 2.36. The van der Waals surface area contributed by atoms with Gasteiger partial charge in [-0.2, -0.15) is 0 Å². The lowest BCUT2D eigenvalue weighted by Crippen LogP contribution is -2.40. The normalized spacial score (nSPS) is 17.3. The Labute approximate surface area is 205 Å². The van der Waals surface area contributed by atoms with Gasteiger partial charge in [-0.05, 0) is 34.7 Å². The van der Waals surface area contributed by atoms with Gasteiger partial charge in [0.1, 0.15) is 12.8 Å². The number of likely N-dealkylation sites (N-methyl/N-ethyl adjacent to an activating group) is 1. The Balaban J connectivity index is 1.68. The minimum absolute atomic E-state index is 0.111. The average Bonchev–Trinajstić information content (AvgIpc) is 3.37. The van der Waals surface area contributed by atoms with E-state index in [9.17, 15) is 14.7 Å². The van der Waals surface area contributed by atoms with Crippen LogP contribution in [0.1, 0.15) is 36.0 Å². The van der Waals surface area contributed by atoms with Gasteiger partial charge in [0.25, 0.3) is 5.91 Å². The zero-order valence-corrected chi connectivity index (χ0v) is 20.2. The number of rotatable bonds is 9. The first-order valence-electron chi connectivity index (χ1n) is 11.9. The molecular formula is C28H32N2O5. The van der Waals surface area contributed by atoms with Crippen LogP contribution < -0.4 is 0 Å². The lowest BCUT2D eigenvalue weighted by molar-refractivity contribution is -0.147. The predicted octanol–water partition coefficient (Wildman–Crippen LogP) is 4.89. The van der Waals surface area contributed by atoms with Crippen LogP contribution in [0.5, 0.6) is 0 Å². The fraction of sp³-hybridized carbons (Fsp3) is 0.357. The number of hydrogen-bond acceptors (Lipinski definition) is 4. The van der Waals surface area contributed by atoms with Crippen molar-refractivity contribution >= 4 is 22.8 Å². The summed E-state index contributed by atoms with van der Waals surface area (Å²) in [5.41, 5.74) is 1.84. The number of benzene rings is 3. The maximum Gasteiger partial charge on any atom is 0.407 e. The van der Waals surface area contributed by atoms with Gasteiger partial charge in [-0.3, -0.25) is 4.79 Å². The van der Waals surface area contributed by atoms with Gasteiger partial charge in [0.2, 0.25) is 0 Å². The van der Waals surface area contributed by atoms with Crippen LogP contribution in [-0.2, 0) is 14.3 Å². The lowest BCUT2D eigenvalue weighted by atomic mass is 9.87. The first kappa shape index (κ1) is 24.7. The van der Waals surface area contributed by atoms with Crippen LogP contribution in [0.3, 0.4) is 0 Å². The van der Waals surface area contributed by atoms with E-state index in [0.717, 1.165) is 34.7 Å². The van der Waals surface area contributed by atoms with Gasteiger partial charge in [-0.1, -0.05) is 72.8 Å². The van der Waals surface area contributed by atoms with Crippen LogP contribution in [0.4, 0.5) is 4.79 Å². The van der Waals surface area contributed by atoms with Crippen molar-refractivity contribution in [2.24, 2.45) is 0 Å². The number of nitrogens with zero attached hydrogens (tertiary/aromatic N) is 2. The molecule has 0 radical (unpaired) electrons. The van der Waals surface area contributed by atoms with Crippen LogP contribution in [0, 0.1) is 0 Å². The fourth-order valence-corrected chi connectivity index (χ4v) is 4.79. The average molecular weight is 477 g/mol. The largest absolute Gasteiger partial charge is 0.465 e. The molecule has 184 valence electrons. The maximum absolute atomic E-state index is 13.0. The highest BCUT2D eigenvalue weighted by Gasteiger charge is 2.32. The molecular weight excluding hydrogens is 444 g/mol. The Bertz CT molecular complexity index is 1150. The van der Waals surface area contributed by atoms with Crippen LogP contribution in [0.15, 0.2) is 72.8 Å². The zero-order valence-electron chi connectivity index (χ0n) is 20.2. The van der Waals surface area contributed by atoms with Crippen LogP contribution in [-0.4, -0.2) is 67.0 Å². The van der Waals surface area contributed by atoms with Crippen molar-refractivity contribution in [3.63, 3.8) is 0 Å². The second-order valence-electron chi connectivity index (χ2n) is 8.94. The number of carbonyl (C=O) groups excluding carboxylic acids is 1. The Hall–Kier alpha value is -3.42. The molecule has 1 N–H and O–H groups in total. The monoisotopic (exact) mass is 476 g/mol. The molecule has 4 rings (SSSR count). The molecule has 7 nitrogen and oxygen atoms in total.